The summed E-state index contributed by atoms with van der Waals surface area (Å²) in [6, 6.07) is 8.12. The number of nitrogens with one attached hydrogen (secondary N) is 3. The zero-order valence-corrected chi connectivity index (χ0v) is 17.5. The van der Waals surface area contributed by atoms with Crippen LogP contribution in [-0.2, 0) is 22.6 Å². The minimum atomic E-state index is -0.686. The molecule has 0 spiro atoms. The highest BCUT2D eigenvalue weighted by Gasteiger charge is 2.37. The van der Waals surface area contributed by atoms with Gasteiger partial charge in [0.2, 0.25) is 5.91 Å². The van der Waals surface area contributed by atoms with Gasteiger partial charge in [-0.1, -0.05) is 17.7 Å². The number of fused-ring (bicyclic) bond motifs is 1. The second-order valence-corrected chi connectivity index (χ2v) is 7.86. The van der Waals surface area contributed by atoms with Crippen molar-refractivity contribution in [3.8, 4) is 0 Å². The fourth-order valence-corrected chi connectivity index (χ4v) is 3.81. The standard InChI is InChI=1S/C22H22ClN5O3/c23-16-3-4-18-17(10-16)15(13-25-18)7-9-28-21(30)19(27-22(28)31)5-6-20(29)26-12-14-2-1-8-24-11-14/h1-4,8,10-11,13,19,25H,5-7,9,12H2,(H,26,29)(H,27,31)/t19-/m1/s1. The number of rotatable bonds is 8. The quantitative estimate of drug-likeness (QED) is 0.469. The summed E-state index contributed by atoms with van der Waals surface area (Å²) in [7, 11) is 0. The summed E-state index contributed by atoms with van der Waals surface area (Å²) in [5.74, 6) is -0.483. The molecule has 0 unspecified atom stereocenters. The zero-order chi connectivity index (χ0) is 21.8. The molecular formula is C22H22ClN5O3. The first-order valence-electron chi connectivity index (χ1n) is 10.0. The number of nitrogens with zero attached hydrogens (tertiary/aromatic N) is 2. The normalized spacial score (nSPS) is 16.0. The van der Waals surface area contributed by atoms with E-state index in [4.69, 9.17) is 11.6 Å². The topological polar surface area (TPSA) is 107 Å². The Morgan fingerprint density at radius 3 is 2.94 bits per heavy atom. The van der Waals surface area contributed by atoms with Crippen molar-refractivity contribution in [1.82, 2.24) is 25.5 Å². The van der Waals surface area contributed by atoms with Gasteiger partial charge in [0, 0.05) is 54.0 Å². The minimum Gasteiger partial charge on any atom is -0.361 e. The number of aromatic nitrogens is 2. The van der Waals surface area contributed by atoms with E-state index in [0.29, 0.717) is 18.0 Å². The molecule has 1 fully saturated rings. The number of imide groups is 1. The van der Waals surface area contributed by atoms with Crippen LogP contribution in [0.1, 0.15) is 24.0 Å². The smallest absolute Gasteiger partial charge is 0.324 e. The summed E-state index contributed by atoms with van der Waals surface area (Å²) in [5, 5.41) is 7.08. The van der Waals surface area contributed by atoms with E-state index in [1.165, 1.54) is 4.90 Å². The molecule has 9 heteroatoms. The molecule has 0 bridgehead atoms. The van der Waals surface area contributed by atoms with Crippen molar-refractivity contribution in [2.75, 3.05) is 6.54 Å². The molecule has 4 amide bonds. The zero-order valence-electron chi connectivity index (χ0n) is 16.7. The van der Waals surface area contributed by atoms with Crippen LogP contribution in [0.3, 0.4) is 0 Å². The molecule has 3 N–H and O–H groups in total. The van der Waals surface area contributed by atoms with E-state index < -0.39 is 12.1 Å². The average Bonchev–Trinajstić information content (AvgIpc) is 3.29. The molecule has 0 radical (unpaired) electrons. The van der Waals surface area contributed by atoms with Crippen molar-refractivity contribution in [2.24, 2.45) is 0 Å². The lowest BCUT2D eigenvalue weighted by atomic mass is 10.1. The number of urea groups is 1. The number of carbonyl (C=O) groups excluding carboxylic acids is 3. The Balaban J connectivity index is 1.28. The van der Waals surface area contributed by atoms with Crippen LogP contribution in [0.5, 0.6) is 0 Å². The molecule has 3 aromatic rings. The summed E-state index contributed by atoms with van der Waals surface area (Å²) in [5.41, 5.74) is 2.83. The van der Waals surface area contributed by atoms with Gasteiger partial charge in [-0.3, -0.25) is 19.5 Å². The summed E-state index contributed by atoms with van der Waals surface area (Å²) >= 11 is 6.08. The van der Waals surface area contributed by atoms with Gasteiger partial charge in [0.15, 0.2) is 0 Å². The summed E-state index contributed by atoms with van der Waals surface area (Å²) < 4.78 is 0. The fraction of sp³-hybridized carbons (Fsp3) is 0.273. The van der Waals surface area contributed by atoms with Crippen LogP contribution < -0.4 is 10.6 Å². The molecule has 2 aromatic heterocycles. The first-order chi connectivity index (χ1) is 15.0. The second kappa shape index (κ2) is 9.18. The van der Waals surface area contributed by atoms with Gasteiger partial charge in [0.1, 0.15) is 6.04 Å². The van der Waals surface area contributed by atoms with Gasteiger partial charge in [-0.05, 0) is 48.2 Å². The number of carbonyl (C=O) groups is 3. The molecule has 1 saturated heterocycles. The van der Waals surface area contributed by atoms with Gasteiger partial charge in [-0.25, -0.2) is 4.79 Å². The van der Waals surface area contributed by atoms with E-state index in [9.17, 15) is 14.4 Å². The monoisotopic (exact) mass is 439 g/mol. The predicted molar refractivity (Wildman–Crippen MR) is 116 cm³/mol. The average molecular weight is 440 g/mol. The van der Waals surface area contributed by atoms with Crippen molar-refractivity contribution < 1.29 is 14.4 Å². The van der Waals surface area contributed by atoms with E-state index in [2.05, 4.69) is 20.6 Å². The van der Waals surface area contributed by atoms with E-state index in [-0.39, 0.29) is 31.2 Å². The summed E-state index contributed by atoms with van der Waals surface area (Å²) in [6.07, 6.45) is 6.12. The van der Waals surface area contributed by atoms with Gasteiger partial charge < -0.3 is 15.6 Å². The van der Waals surface area contributed by atoms with Crippen LogP contribution in [0, 0.1) is 0 Å². The van der Waals surface area contributed by atoms with E-state index in [1.54, 1.807) is 24.5 Å². The largest absolute Gasteiger partial charge is 0.361 e. The van der Waals surface area contributed by atoms with Crippen LogP contribution in [0.4, 0.5) is 4.79 Å². The molecule has 3 heterocycles. The van der Waals surface area contributed by atoms with Crippen molar-refractivity contribution >= 4 is 40.3 Å². The van der Waals surface area contributed by atoms with Gasteiger partial charge in [-0.2, -0.15) is 0 Å². The molecule has 1 atom stereocenters. The first-order valence-corrected chi connectivity index (χ1v) is 10.4. The number of H-pyrrole nitrogens is 1. The second-order valence-electron chi connectivity index (χ2n) is 7.42. The Labute approximate surface area is 184 Å². The SMILES string of the molecule is O=C(CC[C@H]1NC(=O)N(CCc2c[nH]c3ccc(Cl)cc23)C1=O)NCc1cccnc1. The molecule has 31 heavy (non-hydrogen) atoms. The molecule has 0 aliphatic carbocycles. The van der Waals surface area contributed by atoms with Gasteiger partial charge in [-0.15, -0.1) is 0 Å². The number of halogens is 1. The van der Waals surface area contributed by atoms with E-state index in [1.807, 2.05) is 24.4 Å². The van der Waals surface area contributed by atoms with Crippen LogP contribution in [0.2, 0.25) is 5.02 Å². The third-order valence-corrected chi connectivity index (χ3v) is 5.55. The number of aromatic amines is 1. The van der Waals surface area contributed by atoms with Gasteiger partial charge in [0.25, 0.3) is 5.91 Å². The van der Waals surface area contributed by atoms with Gasteiger partial charge in [0.05, 0.1) is 0 Å². The molecule has 4 rings (SSSR count). The lowest BCUT2D eigenvalue weighted by Crippen LogP contribution is -2.33. The maximum atomic E-state index is 12.7. The first kappa shape index (κ1) is 20.9. The van der Waals surface area contributed by atoms with E-state index in [0.717, 1.165) is 22.0 Å². The number of hydrogen-bond acceptors (Lipinski definition) is 4. The molecule has 0 saturated carbocycles. The summed E-state index contributed by atoms with van der Waals surface area (Å²) in [6.45, 7) is 0.631. The Morgan fingerprint density at radius 2 is 2.13 bits per heavy atom. The third kappa shape index (κ3) is 4.86. The molecule has 1 aliphatic rings. The molecular weight excluding hydrogens is 418 g/mol. The minimum absolute atomic E-state index is 0.145. The van der Waals surface area contributed by atoms with E-state index >= 15 is 0 Å². The molecule has 160 valence electrons. The maximum Gasteiger partial charge on any atom is 0.324 e. The van der Waals surface area contributed by atoms with Crippen molar-refractivity contribution in [1.29, 1.82) is 0 Å². The lowest BCUT2D eigenvalue weighted by Gasteiger charge is -2.13. The Morgan fingerprint density at radius 1 is 1.26 bits per heavy atom. The lowest BCUT2D eigenvalue weighted by molar-refractivity contribution is -0.127. The molecule has 1 aromatic carbocycles. The number of amides is 4. The highest BCUT2D eigenvalue weighted by atomic mass is 35.5. The van der Waals surface area contributed by atoms with Crippen molar-refractivity contribution in [3.05, 3.63) is 65.1 Å². The number of pyridine rings is 1. The summed E-state index contributed by atoms with van der Waals surface area (Å²) in [4.78, 5) is 45.4. The predicted octanol–water partition coefficient (Wildman–Crippen LogP) is 2.78. The van der Waals surface area contributed by atoms with Crippen LogP contribution in [0.25, 0.3) is 10.9 Å². The Bertz CT molecular complexity index is 1110. The van der Waals surface area contributed by atoms with Crippen LogP contribution >= 0.6 is 11.6 Å². The highest BCUT2D eigenvalue weighted by molar-refractivity contribution is 6.31. The van der Waals surface area contributed by atoms with Crippen molar-refractivity contribution in [2.45, 2.75) is 31.8 Å². The van der Waals surface area contributed by atoms with Crippen LogP contribution in [0.15, 0.2) is 48.9 Å². The third-order valence-electron chi connectivity index (χ3n) is 5.31. The molecule has 8 nitrogen and oxygen atoms in total. The Kier molecular flexibility index (Phi) is 6.18. The molecule has 1 aliphatic heterocycles. The highest BCUT2D eigenvalue weighted by Crippen LogP contribution is 2.23. The Hall–Kier alpha value is -3.39. The van der Waals surface area contributed by atoms with Crippen molar-refractivity contribution in [3.63, 3.8) is 0 Å². The van der Waals surface area contributed by atoms with Gasteiger partial charge >= 0.3 is 6.03 Å². The fourth-order valence-electron chi connectivity index (χ4n) is 3.64. The maximum absolute atomic E-state index is 12.7. The number of hydrogen-bond donors (Lipinski definition) is 3. The number of benzene rings is 1. The van der Waals surface area contributed by atoms with Crippen LogP contribution in [-0.4, -0.2) is 45.3 Å².